The van der Waals surface area contributed by atoms with Gasteiger partial charge < -0.3 is 19.3 Å². The van der Waals surface area contributed by atoms with Crippen LogP contribution in [0, 0.1) is 11.8 Å². The predicted molar refractivity (Wildman–Crippen MR) is 255 cm³/mol. The molecule has 352 valence electrons. The van der Waals surface area contributed by atoms with Crippen molar-refractivity contribution in [2.45, 2.75) is 266 Å². The first-order chi connectivity index (χ1) is 28.2. The SMILES string of the molecule is C.CCCCCCCCC(=O)N(CCCN(C)C)C(CCCCCCCCCOC(=O)C(CC)CCCCC)CCCCCCCCCOC(=O)C(CC)CCCCC. The first-order valence-electron chi connectivity index (χ1n) is 25.5. The van der Waals surface area contributed by atoms with E-state index in [4.69, 9.17) is 9.47 Å². The van der Waals surface area contributed by atoms with E-state index in [-0.39, 0.29) is 31.2 Å². The summed E-state index contributed by atoms with van der Waals surface area (Å²) in [5, 5.41) is 0. The summed E-state index contributed by atoms with van der Waals surface area (Å²) in [5.41, 5.74) is 0. The predicted octanol–water partition coefficient (Wildman–Crippen LogP) is 15.1. The van der Waals surface area contributed by atoms with Crippen molar-refractivity contribution in [3.05, 3.63) is 0 Å². The van der Waals surface area contributed by atoms with Crippen LogP contribution in [-0.4, -0.2) is 74.1 Å². The fraction of sp³-hybridized carbons (Fsp3) is 0.942. The molecule has 0 radical (unpaired) electrons. The number of rotatable bonds is 44. The molecule has 0 heterocycles. The zero-order chi connectivity index (χ0) is 42.9. The van der Waals surface area contributed by atoms with Gasteiger partial charge in [-0.2, -0.15) is 0 Å². The normalized spacial score (nSPS) is 12.9. The topological polar surface area (TPSA) is 76.2 Å². The molecular weight excluding hydrogens is 733 g/mol. The molecular formula is C52H104N2O5. The van der Waals surface area contributed by atoms with Crippen molar-refractivity contribution >= 4 is 17.8 Å². The molecule has 0 saturated heterocycles. The van der Waals surface area contributed by atoms with Gasteiger partial charge in [0.25, 0.3) is 0 Å². The molecule has 0 saturated carbocycles. The lowest BCUT2D eigenvalue weighted by Crippen LogP contribution is -2.41. The summed E-state index contributed by atoms with van der Waals surface area (Å²) in [6, 6.07) is 0.349. The van der Waals surface area contributed by atoms with Crippen LogP contribution in [0.5, 0.6) is 0 Å². The number of amides is 1. The maximum absolute atomic E-state index is 13.8. The minimum Gasteiger partial charge on any atom is -0.465 e. The molecule has 0 aromatic heterocycles. The van der Waals surface area contributed by atoms with Crippen LogP contribution in [0.4, 0.5) is 0 Å². The number of unbranched alkanes of at least 4 members (excludes halogenated alkanes) is 21. The lowest BCUT2D eigenvalue weighted by molar-refractivity contribution is -0.150. The third-order valence-corrected chi connectivity index (χ3v) is 12.3. The third-order valence-electron chi connectivity index (χ3n) is 12.3. The molecule has 0 aromatic carbocycles. The number of hydrogen-bond acceptors (Lipinski definition) is 6. The summed E-state index contributed by atoms with van der Waals surface area (Å²) in [6.07, 6.45) is 38.3. The quantitative estimate of drug-likeness (QED) is 0.0449. The molecule has 7 nitrogen and oxygen atoms in total. The number of nitrogens with zero attached hydrogens (tertiary/aromatic N) is 2. The van der Waals surface area contributed by atoms with Gasteiger partial charge in [-0.1, -0.05) is 190 Å². The lowest BCUT2D eigenvalue weighted by atomic mass is 9.97. The smallest absolute Gasteiger partial charge is 0.308 e. The minimum absolute atomic E-state index is 0. The maximum atomic E-state index is 13.8. The van der Waals surface area contributed by atoms with Crippen LogP contribution in [-0.2, 0) is 23.9 Å². The van der Waals surface area contributed by atoms with Gasteiger partial charge in [0.2, 0.25) is 5.91 Å². The molecule has 0 rings (SSSR count). The Kier molecular flexibility index (Phi) is 44.8. The Labute approximate surface area is 369 Å². The molecule has 7 heteroatoms. The Morgan fingerprint density at radius 3 is 1.19 bits per heavy atom. The van der Waals surface area contributed by atoms with Crippen molar-refractivity contribution in [3.8, 4) is 0 Å². The second-order valence-electron chi connectivity index (χ2n) is 18.0. The minimum atomic E-state index is 0. The first kappa shape index (κ1) is 59.5. The van der Waals surface area contributed by atoms with Crippen LogP contribution in [0.2, 0.25) is 0 Å². The number of ether oxygens (including phenoxy) is 2. The average Bonchev–Trinajstić information content (AvgIpc) is 3.21. The summed E-state index contributed by atoms with van der Waals surface area (Å²) in [6.45, 7) is 13.9. The zero-order valence-electron chi connectivity index (χ0n) is 40.0. The van der Waals surface area contributed by atoms with E-state index in [1.807, 2.05) is 0 Å². The molecule has 1 amide bonds. The summed E-state index contributed by atoms with van der Waals surface area (Å²) >= 11 is 0. The molecule has 0 spiro atoms. The zero-order valence-corrected chi connectivity index (χ0v) is 40.0. The molecule has 0 aliphatic heterocycles. The van der Waals surface area contributed by atoms with Crippen LogP contribution >= 0.6 is 0 Å². The molecule has 0 bridgehead atoms. The highest BCUT2D eigenvalue weighted by Gasteiger charge is 2.23. The van der Waals surface area contributed by atoms with Crippen LogP contribution in [0.15, 0.2) is 0 Å². The van der Waals surface area contributed by atoms with Crippen molar-refractivity contribution < 1.29 is 23.9 Å². The van der Waals surface area contributed by atoms with E-state index in [1.54, 1.807) is 0 Å². The number of carbonyl (C=O) groups excluding carboxylic acids is 3. The van der Waals surface area contributed by atoms with E-state index >= 15 is 0 Å². The van der Waals surface area contributed by atoms with Gasteiger partial charge in [0.05, 0.1) is 25.0 Å². The van der Waals surface area contributed by atoms with Gasteiger partial charge in [-0.25, -0.2) is 0 Å². The Morgan fingerprint density at radius 1 is 0.424 bits per heavy atom. The summed E-state index contributed by atoms with van der Waals surface area (Å²) in [5.74, 6) is 0.560. The highest BCUT2D eigenvalue weighted by Crippen LogP contribution is 2.22. The fourth-order valence-corrected chi connectivity index (χ4v) is 8.30. The van der Waals surface area contributed by atoms with Gasteiger partial charge in [-0.05, 0) is 84.8 Å². The first-order valence-corrected chi connectivity index (χ1v) is 25.5. The Bertz CT molecular complexity index is 877. The second-order valence-corrected chi connectivity index (χ2v) is 18.0. The van der Waals surface area contributed by atoms with Crippen LogP contribution < -0.4 is 0 Å². The largest absolute Gasteiger partial charge is 0.465 e. The fourth-order valence-electron chi connectivity index (χ4n) is 8.30. The molecule has 2 unspecified atom stereocenters. The number of carbonyl (C=O) groups is 3. The molecule has 2 atom stereocenters. The van der Waals surface area contributed by atoms with E-state index in [0.29, 0.717) is 31.6 Å². The van der Waals surface area contributed by atoms with E-state index in [2.05, 4.69) is 58.5 Å². The third kappa shape index (κ3) is 35.6. The van der Waals surface area contributed by atoms with E-state index in [0.717, 1.165) is 103 Å². The van der Waals surface area contributed by atoms with Crippen molar-refractivity contribution in [3.63, 3.8) is 0 Å². The maximum Gasteiger partial charge on any atom is 0.308 e. The molecule has 0 aliphatic rings. The van der Waals surface area contributed by atoms with Crippen molar-refractivity contribution in [1.82, 2.24) is 9.80 Å². The van der Waals surface area contributed by atoms with E-state index < -0.39 is 0 Å². The monoisotopic (exact) mass is 837 g/mol. The highest BCUT2D eigenvalue weighted by atomic mass is 16.5. The summed E-state index contributed by atoms with van der Waals surface area (Å²) < 4.78 is 11.3. The van der Waals surface area contributed by atoms with Crippen molar-refractivity contribution in [2.24, 2.45) is 11.8 Å². The van der Waals surface area contributed by atoms with E-state index in [9.17, 15) is 14.4 Å². The van der Waals surface area contributed by atoms with Gasteiger partial charge in [-0.3, -0.25) is 14.4 Å². The summed E-state index contributed by atoms with van der Waals surface area (Å²) in [4.78, 5) is 43.3. The van der Waals surface area contributed by atoms with Crippen molar-refractivity contribution in [1.29, 1.82) is 0 Å². The number of hydrogen-bond donors (Lipinski definition) is 0. The van der Waals surface area contributed by atoms with Gasteiger partial charge in [-0.15, -0.1) is 0 Å². The van der Waals surface area contributed by atoms with Gasteiger partial charge in [0, 0.05) is 19.0 Å². The van der Waals surface area contributed by atoms with Crippen LogP contribution in [0.3, 0.4) is 0 Å². The molecule has 59 heavy (non-hydrogen) atoms. The molecule has 0 aromatic rings. The summed E-state index contributed by atoms with van der Waals surface area (Å²) in [7, 11) is 4.27. The van der Waals surface area contributed by atoms with Crippen LogP contribution in [0.25, 0.3) is 0 Å². The van der Waals surface area contributed by atoms with E-state index in [1.165, 1.54) is 122 Å². The van der Waals surface area contributed by atoms with Crippen molar-refractivity contribution in [2.75, 3.05) is 40.4 Å². The number of esters is 2. The standard InChI is InChI=1S/C51H100N2O5.CH4/c1-8-13-16-17-26-33-41-49(54)53(43-36-42-52(6)7)48(39-31-24-20-18-22-27-34-44-57-50(55)46(11-4)37-29-14-9-2)40-32-25-21-19-23-28-35-45-58-51(56)47(12-5)38-30-15-10-3;/h46-48H,8-45H2,1-7H3;1H4. The average molecular weight is 837 g/mol. The highest BCUT2D eigenvalue weighted by molar-refractivity contribution is 5.76. The second kappa shape index (κ2) is 44.4. The Morgan fingerprint density at radius 2 is 0.780 bits per heavy atom. The van der Waals surface area contributed by atoms with Gasteiger partial charge >= 0.3 is 11.9 Å². The lowest BCUT2D eigenvalue weighted by Gasteiger charge is -2.33. The molecule has 0 fully saturated rings. The van der Waals surface area contributed by atoms with Crippen LogP contribution in [0.1, 0.15) is 260 Å². The van der Waals surface area contributed by atoms with Gasteiger partial charge in [0.1, 0.15) is 0 Å². The Balaban J connectivity index is 0. The molecule has 0 aliphatic carbocycles. The molecule has 0 N–H and O–H groups in total. The Hall–Kier alpha value is -1.63. The van der Waals surface area contributed by atoms with Gasteiger partial charge in [0.15, 0.2) is 0 Å².